The molecular weight excluding hydrogens is 198 g/mol. The van der Waals surface area contributed by atoms with E-state index in [0.29, 0.717) is 18.0 Å². The first-order chi connectivity index (χ1) is 7.35. The van der Waals surface area contributed by atoms with Crippen molar-refractivity contribution in [3.05, 3.63) is 0 Å². The van der Waals surface area contributed by atoms with Crippen molar-refractivity contribution in [2.45, 2.75) is 46.2 Å². The molecule has 0 aliphatic carbocycles. The van der Waals surface area contributed by atoms with Crippen molar-refractivity contribution in [3.8, 4) is 6.07 Å². The number of hydrogen-bond donors (Lipinski definition) is 1. The normalized spacial score (nSPS) is 32.4. The largest absolute Gasteiger partial charge is 0.312 e. The first-order valence-corrected chi connectivity index (χ1v) is 6.20. The third-order valence-electron chi connectivity index (χ3n) is 3.72. The molecule has 1 saturated heterocycles. The van der Waals surface area contributed by atoms with Gasteiger partial charge in [-0.1, -0.05) is 6.92 Å². The fourth-order valence-corrected chi connectivity index (χ4v) is 2.25. The van der Waals surface area contributed by atoms with Crippen LogP contribution in [0.25, 0.3) is 0 Å². The molecule has 0 aromatic rings. The fraction of sp³-hybridized carbons (Fsp3) is 0.923. The van der Waals surface area contributed by atoms with Gasteiger partial charge in [0.2, 0.25) is 0 Å². The number of rotatable bonds is 3. The summed E-state index contributed by atoms with van der Waals surface area (Å²) in [6.07, 6.45) is 1.18. The van der Waals surface area contributed by atoms with Crippen LogP contribution in [-0.4, -0.2) is 37.1 Å². The van der Waals surface area contributed by atoms with E-state index in [2.05, 4.69) is 37.2 Å². The molecular formula is C13H25N3. The standard InChI is InChI=1S/C13H25N3/c1-10-7-16(5)11(2)6-12(10)15-9-13(3,4)8-14/h10-12,15H,6-7,9H2,1-5H3. The van der Waals surface area contributed by atoms with E-state index in [1.54, 1.807) is 0 Å². The van der Waals surface area contributed by atoms with Gasteiger partial charge in [0.05, 0.1) is 11.5 Å². The number of nitriles is 1. The van der Waals surface area contributed by atoms with E-state index >= 15 is 0 Å². The van der Waals surface area contributed by atoms with Gasteiger partial charge in [0.25, 0.3) is 0 Å². The molecule has 3 unspecified atom stereocenters. The Balaban J connectivity index is 2.46. The zero-order valence-corrected chi connectivity index (χ0v) is 11.2. The predicted molar refractivity (Wildman–Crippen MR) is 67.1 cm³/mol. The molecule has 1 heterocycles. The third kappa shape index (κ3) is 3.47. The maximum Gasteiger partial charge on any atom is 0.0697 e. The van der Waals surface area contributed by atoms with Gasteiger partial charge in [0.15, 0.2) is 0 Å². The number of nitrogens with zero attached hydrogens (tertiary/aromatic N) is 2. The lowest BCUT2D eigenvalue weighted by Gasteiger charge is -2.40. The molecule has 0 aromatic heterocycles. The maximum absolute atomic E-state index is 8.99. The zero-order chi connectivity index (χ0) is 12.3. The van der Waals surface area contributed by atoms with E-state index in [0.717, 1.165) is 13.1 Å². The van der Waals surface area contributed by atoms with Crippen molar-refractivity contribution >= 4 is 0 Å². The zero-order valence-electron chi connectivity index (χ0n) is 11.2. The van der Waals surface area contributed by atoms with E-state index in [4.69, 9.17) is 5.26 Å². The third-order valence-corrected chi connectivity index (χ3v) is 3.72. The number of nitrogens with one attached hydrogen (secondary N) is 1. The van der Waals surface area contributed by atoms with Crippen LogP contribution in [-0.2, 0) is 0 Å². The molecule has 0 spiro atoms. The van der Waals surface area contributed by atoms with E-state index in [9.17, 15) is 0 Å². The SMILES string of the molecule is CC1CN(C)C(C)CC1NCC(C)(C)C#N. The van der Waals surface area contributed by atoms with Crippen molar-refractivity contribution in [2.75, 3.05) is 20.1 Å². The highest BCUT2D eigenvalue weighted by molar-refractivity contribution is 4.95. The molecule has 1 fully saturated rings. The molecule has 3 atom stereocenters. The van der Waals surface area contributed by atoms with Crippen molar-refractivity contribution in [2.24, 2.45) is 11.3 Å². The van der Waals surface area contributed by atoms with Crippen molar-refractivity contribution < 1.29 is 0 Å². The summed E-state index contributed by atoms with van der Waals surface area (Å²) in [7, 11) is 2.19. The van der Waals surface area contributed by atoms with E-state index in [-0.39, 0.29) is 5.41 Å². The Labute approximate surface area is 99.8 Å². The second-order valence-corrected chi connectivity index (χ2v) is 5.98. The van der Waals surface area contributed by atoms with Gasteiger partial charge in [0.1, 0.15) is 0 Å². The van der Waals surface area contributed by atoms with Gasteiger partial charge in [-0.2, -0.15) is 5.26 Å². The molecule has 1 aliphatic heterocycles. The van der Waals surface area contributed by atoms with Gasteiger partial charge in [-0.05, 0) is 40.2 Å². The highest BCUT2D eigenvalue weighted by Gasteiger charge is 2.29. The van der Waals surface area contributed by atoms with E-state index in [1.165, 1.54) is 6.42 Å². The quantitative estimate of drug-likeness (QED) is 0.793. The summed E-state index contributed by atoms with van der Waals surface area (Å²) in [6, 6.07) is 3.54. The van der Waals surface area contributed by atoms with Gasteiger partial charge >= 0.3 is 0 Å². The van der Waals surface area contributed by atoms with Crippen LogP contribution in [0.2, 0.25) is 0 Å². The Bertz CT molecular complexity index is 267. The first kappa shape index (κ1) is 13.5. The van der Waals surface area contributed by atoms with Crippen LogP contribution in [0.4, 0.5) is 0 Å². The van der Waals surface area contributed by atoms with Crippen LogP contribution in [0.3, 0.4) is 0 Å². The number of hydrogen-bond acceptors (Lipinski definition) is 3. The minimum atomic E-state index is -0.258. The summed E-state index contributed by atoms with van der Waals surface area (Å²) in [5.41, 5.74) is -0.258. The second kappa shape index (κ2) is 5.16. The van der Waals surface area contributed by atoms with Crippen molar-refractivity contribution in [1.29, 1.82) is 5.26 Å². The summed E-state index contributed by atoms with van der Waals surface area (Å²) in [6.45, 7) is 10.5. The van der Waals surface area contributed by atoms with Gasteiger partial charge in [-0.3, -0.25) is 0 Å². The number of likely N-dealkylation sites (tertiary alicyclic amines) is 1. The highest BCUT2D eigenvalue weighted by Crippen LogP contribution is 2.22. The highest BCUT2D eigenvalue weighted by atomic mass is 15.2. The minimum absolute atomic E-state index is 0.258. The molecule has 0 aromatic carbocycles. The van der Waals surface area contributed by atoms with Crippen LogP contribution in [0.15, 0.2) is 0 Å². The van der Waals surface area contributed by atoms with Crippen molar-refractivity contribution in [1.82, 2.24) is 10.2 Å². The van der Waals surface area contributed by atoms with Gasteiger partial charge in [0, 0.05) is 25.2 Å². The topological polar surface area (TPSA) is 39.1 Å². The van der Waals surface area contributed by atoms with E-state index in [1.807, 2.05) is 13.8 Å². The Morgan fingerprint density at radius 2 is 2.06 bits per heavy atom. The monoisotopic (exact) mass is 223 g/mol. The van der Waals surface area contributed by atoms with Crippen LogP contribution in [0.1, 0.15) is 34.1 Å². The minimum Gasteiger partial charge on any atom is -0.312 e. The molecule has 1 N–H and O–H groups in total. The summed E-state index contributed by atoms with van der Waals surface area (Å²) in [4.78, 5) is 2.41. The molecule has 92 valence electrons. The molecule has 0 saturated carbocycles. The molecule has 16 heavy (non-hydrogen) atoms. The molecule has 3 heteroatoms. The summed E-state index contributed by atoms with van der Waals surface area (Å²) in [5.74, 6) is 0.663. The Kier molecular flexibility index (Phi) is 4.35. The van der Waals surface area contributed by atoms with Crippen molar-refractivity contribution in [3.63, 3.8) is 0 Å². The molecule has 1 aliphatic rings. The predicted octanol–water partition coefficient (Wildman–Crippen LogP) is 1.85. The molecule has 1 rings (SSSR count). The smallest absolute Gasteiger partial charge is 0.0697 e. The average molecular weight is 223 g/mol. The lowest BCUT2D eigenvalue weighted by molar-refractivity contribution is 0.118. The van der Waals surface area contributed by atoms with Crippen LogP contribution >= 0.6 is 0 Å². The van der Waals surface area contributed by atoms with Gasteiger partial charge in [-0.25, -0.2) is 0 Å². The lowest BCUT2D eigenvalue weighted by atomic mass is 9.88. The Morgan fingerprint density at radius 1 is 1.44 bits per heavy atom. The lowest BCUT2D eigenvalue weighted by Crippen LogP contribution is -2.52. The van der Waals surface area contributed by atoms with Gasteiger partial charge < -0.3 is 10.2 Å². The van der Waals surface area contributed by atoms with Crippen LogP contribution in [0.5, 0.6) is 0 Å². The maximum atomic E-state index is 8.99. The van der Waals surface area contributed by atoms with Gasteiger partial charge in [-0.15, -0.1) is 0 Å². The van der Waals surface area contributed by atoms with E-state index < -0.39 is 0 Å². The number of piperidine rings is 1. The summed E-state index contributed by atoms with van der Waals surface area (Å²) in [5, 5.41) is 12.5. The molecule has 3 nitrogen and oxygen atoms in total. The fourth-order valence-electron chi connectivity index (χ4n) is 2.25. The first-order valence-electron chi connectivity index (χ1n) is 6.20. The Hall–Kier alpha value is -0.590. The molecule has 0 radical (unpaired) electrons. The van der Waals surface area contributed by atoms with Crippen LogP contribution < -0.4 is 5.32 Å². The summed E-state index contributed by atoms with van der Waals surface area (Å²) >= 11 is 0. The summed E-state index contributed by atoms with van der Waals surface area (Å²) < 4.78 is 0. The second-order valence-electron chi connectivity index (χ2n) is 5.98. The Morgan fingerprint density at radius 3 is 2.62 bits per heavy atom. The average Bonchev–Trinajstić information content (AvgIpc) is 2.22. The van der Waals surface area contributed by atoms with Crippen LogP contribution in [0, 0.1) is 22.7 Å². The molecule has 0 bridgehead atoms. The molecule has 0 amide bonds.